The summed E-state index contributed by atoms with van der Waals surface area (Å²) >= 11 is 0. The number of nitrogens with zero attached hydrogens (tertiary/aromatic N) is 2. The van der Waals surface area contributed by atoms with E-state index in [-0.39, 0.29) is 5.91 Å². The number of aromatic amines is 1. The average Bonchev–Trinajstić information content (AvgIpc) is 2.92. The van der Waals surface area contributed by atoms with Crippen molar-refractivity contribution < 1.29 is 9.53 Å². The molecular weight excluding hydrogens is 268 g/mol. The highest BCUT2D eigenvalue weighted by molar-refractivity contribution is 6.00. The third-order valence-electron chi connectivity index (χ3n) is 3.77. The highest BCUT2D eigenvalue weighted by Gasteiger charge is 2.22. The number of pyridine rings is 1. The van der Waals surface area contributed by atoms with Gasteiger partial charge in [-0.25, -0.2) is 4.98 Å². The van der Waals surface area contributed by atoms with Crippen molar-refractivity contribution in [3.05, 3.63) is 24.0 Å². The molecule has 6 nitrogen and oxygen atoms in total. The molecule has 1 saturated heterocycles. The Labute approximate surface area is 123 Å². The number of carbonyl (C=O) groups is 1. The van der Waals surface area contributed by atoms with Crippen LogP contribution < -0.4 is 10.2 Å². The Balaban J connectivity index is 2.01. The smallest absolute Gasteiger partial charge is 0.267 e. The van der Waals surface area contributed by atoms with Crippen LogP contribution in [0.15, 0.2) is 18.3 Å². The highest BCUT2D eigenvalue weighted by atomic mass is 16.5. The lowest BCUT2D eigenvalue weighted by atomic mass is 10.2. The lowest BCUT2D eigenvalue weighted by Crippen LogP contribution is -2.43. The largest absolute Gasteiger partial charge is 0.377 e. The van der Waals surface area contributed by atoms with Crippen LogP contribution in [0.3, 0.4) is 0 Å². The number of ether oxygens (including phenoxy) is 1. The number of hydrogen-bond donors (Lipinski definition) is 2. The Morgan fingerprint density at radius 3 is 3.24 bits per heavy atom. The molecule has 6 heteroatoms. The SMILES string of the molecule is CCNC(=O)c1cc2c(N3CCOC[C@H]3C)ccnc2[nH]1. The fourth-order valence-corrected chi connectivity index (χ4v) is 2.73. The Hall–Kier alpha value is -2.08. The van der Waals surface area contributed by atoms with Crippen molar-refractivity contribution in [3.8, 4) is 0 Å². The molecule has 0 spiro atoms. The van der Waals surface area contributed by atoms with E-state index in [4.69, 9.17) is 4.74 Å². The van der Waals surface area contributed by atoms with Gasteiger partial charge in [0.1, 0.15) is 11.3 Å². The van der Waals surface area contributed by atoms with E-state index in [0.29, 0.717) is 18.3 Å². The summed E-state index contributed by atoms with van der Waals surface area (Å²) in [5, 5.41) is 3.78. The highest BCUT2D eigenvalue weighted by Crippen LogP contribution is 2.28. The van der Waals surface area contributed by atoms with Crippen molar-refractivity contribution in [1.82, 2.24) is 15.3 Å². The molecule has 0 aliphatic carbocycles. The van der Waals surface area contributed by atoms with Crippen molar-refractivity contribution in [2.75, 3.05) is 31.2 Å². The number of aromatic nitrogens is 2. The minimum Gasteiger partial charge on any atom is -0.377 e. The summed E-state index contributed by atoms with van der Waals surface area (Å²) in [7, 11) is 0. The third kappa shape index (κ3) is 2.58. The molecule has 2 N–H and O–H groups in total. The van der Waals surface area contributed by atoms with Crippen LogP contribution in [0.5, 0.6) is 0 Å². The number of fused-ring (bicyclic) bond motifs is 1. The Bertz CT molecular complexity index is 652. The number of hydrogen-bond acceptors (Lipinski definition) is 4. The van der Waals surface area contributed by atoms with Crippen LogP contribution in [0.4, 0.5) is 5.69 Å². The maximum Gasteiger partial charge on any atom is 0.267 e. The van der Waals surface area contributed by atoms with E-state index in [9.17, 15) is 4.79 Å². The predicted molar refractivity (Wildman–Crippen MR) is 81.7 cm³/mol. The van der Waals surface area contributed by atoms with E-state index in [2.05, 4.69) is 27.1 Å². The monoisotopic (exact) mass is 288 g/mol. The maximum atomic E-state index is 12.0. The molecule has 1 aliphatic rings. The standard InChI is InChI=1S/C15H20N4O2/c1-3-16-15(20)12-8-11-13(4-5-17-14(11)18-12)19-6-7-21-9-10(19)2/h4-5,8,10H,3,6-7,9H2,1-2H3,(H,16,20)(H,17,18)/t10-/m1/s1. The van der Waals surface area contributed by atoms with E-state index in [1.807, 2.05) is 19.1 Å². The second kappa shape index (κ2) is 5.73. The lowest BCUT2D eigenvalue weighted by Gasteiger charge is -2.35. The zero-order valence-electron chi connectivity index (χ0n) is 12.3. The van der Waals surface area contributed by atoms with Crippen LogP contribution in [0.25, 0.3) is 11.0 Å². The van der Waals surface area contributed by atoms with Gasteiger partial charge in [-0.1, -0.05) is 0 Å². The molecule has 2 aromatic rings. The average molecular weight is 288 g/mol. The van der Waals surface area contributed by atoms with E-state index < -0.39 is 0 Å². The first-order valence-corrected chi connectivity index (χ1v) is 7.31. The van der Waals surface area contributed by atoms with Crippen LogP contribution in [0.1, 0.15) is 24.3 Å². The zero-order chi connectivity index (χ0) is 14.8. The quantitative estimate of drug-likeness (QED) is 0.899. The van der Waals surface area contributed by atoms with Gasteiger partial charge in [0.2, 0.25) is 0 Å². The Morgan fingerprint density at radius 2 is 2.48 bits per heavy atom. The topological polar surface area (TPSA) is 70.2 Å². The van der Waals surface area contributed by atoms with Gasteiger partial charge in [-0.05, 0) is 26.0 Å². The van der Waals surface area contributed by atoms with E-state index in [1.165, 1.54) is 0 Å². The zero-order valence-corrected chi connectivity index (χ0v) is 12.3. The van der Waals surface area contributed by atoms with Crippen LogP contribution in [0.2, 0.25) is 0 Å². The van der Waals surface area contributed by atoms with Crippen LogP contribution >= 0.6 is 0 Å². The van der Waals surface area contributed by atoms with Gasteiger partial charge in [-0.15, -0.1) is 0 Å². The number of nitrogens with one attached hydrogen (secondary N) is 2. The predicted octanol–water partition coefficient (Wildman–Crippen LogP) is 1.54. The fourth-order valence-electron chi connectivity index (χ4n) is 2.73. The molecule has 21 heavy (non-hydrogen) atoms. The van der Waals surface area contributed by atoms with E-state index in [1.54, 1.807) is 6.20 Å². The van der Waals surface area contributed by atoms with E-state index in [0.717, 1.165) is 36.5 Å². The molecule has 1 fully saturated rings. The van der Waals surface area contributed by atoms with Gasteiger partial charge in [0, 0.05) is 36.4 Å². The molecule has 0 radical (unpaired) electrons. The van der Waals surface area contributed by atoms with E-state index >= 15 is 0 Å². The number of rotatable bonds is 3. The van der Waals surface area contributed by atoms with Crippen molar-refractivity contribution in [3.63, 3.8) is 0 Å². The summed E-state index contributed by atoms with van der Waals surface area (Å²) in [5.41, 5.74) is 2.39. The summed E-state index contributed by atoms with van der Waals surface area (Å²) in [6, 6.07) is 4.19. The Kier molecular flexibility index (Phi) is 3.79. The first kappa shape index (κ1) is 13.9. The van der Waals surface area contributed by atoms with Gasteiger partial charge in [0.05, 0.1) is 13.2 Å². The first-order valence-electron chi connectivity index (χ1n) is 7.31. The van der Waals surface area contributed by atoms with Gasteiger partial charge >= 0.3 is 0 Å². The molecule has 0 aromatic carbocycles. The second-order valence-electron chi connectivity index (χ2n) is 5.25. The van der Waals surface area contributed by atoms with Crippen molar-refractivity contribution >= 4 is 22.6 Å². The molecular formula is C15H20N4O2. The second-order valence-corrected chi connectivity index (χ2v) is 5.25. The van der Waals surface area contributed by atoms with Crippen molar-refractivity contribution in [2.24, 2.45) is 0 Å². The van der Waals surface area contributed by atoms with Gasteiger partial charge < -0.3 is 19.9 Å². The molecule has 1 atom stereocenters. The summed E-state index contributed by atoms with van der Waals surface area (Å²) in [4.78, 5) is 21.7. The minimum absolute atomic E-state index is 0.100. The summed E-state index contributed by atoms with van der Waals surface area (Å²) in [6.07, 6.45) is 1.78. The number of H-pyrrole nitrogens is 1. The molecule has 0 bridgehead atoms. The molecule has 3 heterocycles. The summed E-state index contributed by atoms with van der Waals surface area (Å²) in [5.74, 6) is -0.100. The maximum absolute atomic E-state index is 12.0. The number of carbonyl (C=O) groups excluding carboxylic acids is 1. The van der Waals surface area contributed by atoms with Gasteiger partial charge in [0.25, 0.3) is 5.91 Å². The molecule has 112 valence electrons. The van der Waals surface area contributed by atoms with Crippen LogP contribution in [0, 0.1) is 0 Å². The van der Waals surface area contributed by atoms with Gasteiger partial charge in [-0.2, -0.15) is 0 Å². The van der Waals surface area contributed by atoms with Crippen molar-refractivity contribution in [2.45, 2.75) is 19.9 Å². The normalized spacial score (nSPS) is 19.0. The fraction of sp³-hybridized carbons (Fsp3) is 0.467. The molecule has 0 unspecified atom stereocenters. The first-order chi connectivity index (χ1) is 10.2. The molecule has 3 rings (SSSR count). The molecule has 1 amide bonds. The number of amides is 1. The molecule has 0 saturated carbocycles. The van der Waals surface area contributed by atoms with Gasteiger partial charge in [-0.3, -0.25) is 4.79 Å². The molecule has 2 aromatic heterocycles. The summed E-state index contributed by atoms with van der Waals surface area (Å²) in [6.45, 7) is 6.94. The van der Waals surface area contributed by atoms with Gasteiger partial charge in [0.15, 0.2) is 0 Å². The minimum atomic E-state index is -0.100. The van der Waals surface area contributed by atoms with Crippen LogP contribution in [-0.2, 0) is 4.74 Å². The third-order valence-corrected chi connectivity index (χ3v) is 3.77. The number of anilines is 1. The summed E-state index contributed by atoms with van der Waals surface area (Å²) < 4.78 is 5.49. The van der Waals surface area contributed by atoms with Crippen LogP contribution in [-0.4, -0.2) is 48.2 Å². The number of morpholine rings is 1. The Morgan fingerprint density at radius 1 is 1.62 bits per heavy atom. The lowest BCUT2D eigenvalue weighted by molar-refractivity contribution is 0.0951. The van der Waals surface area contributed by atoms with Crippen molar-refractivity contribution in [1.29, 1.82) is 0 Å². The molecule has 1 aliphatic heterocycles.